The SMILES string of the molecule is CCOC(=O)[C@@H]1[C@@H]([N+](=O)[O-])[C@H]2C(C)=C[C@]1(C)C(=O)[C@]2(O)CCl. The Morgan fingerprint density at radius 2 is 2.18 bits per heavy atom. The van der Waals surface area contributed by atoms with E-state index >= 15 is 0 Å². The molecular weight excluding hydrogens is 314 g/mol. The molecule has 3 aliphatic carbocycles. The van der Waals surface area contributed by atoms with E-state index in [4.69, 9.17) is 16.3 Å². The molecule has 1 saturated carbocycles. The lowest BCUT2D eigenvalue weighted by Gasteiger charge is -2.53. The van der Waals surface area contributed by atoms with Crippen LogP contribution in [0.1, 0.15) is 20.8 Å². The van der Waals surface area contributed by atoms with Crippen LogP contribution in [-0.4, -0.2) is 45.9 Å². The summed E-state index contributed by atoms with van der Waals surface area (Å²) in [5.41, 5.74) is -3.06. The summed E-state index contributed by atoms with van der Waals surface area (Å²) in [6, 6.07) is -1.45. The van der Waals surface area contributed by atoms with Crippen LogP contribution in [0.3, 0.4) is 0 Å². The van der Waals surface area contributed by atoms with Crippen molar-refractivity contribution in [3.63, 3.8) is 0 Å². The highest BCUT2D eigenvalue weighted by atomic mass is 35.5. The summed E-state index contributed by atoms with van der Waals surface area (Å²) in [5, 5.41) is 22.2. The number of Topliss-reactive ketones (excluding diaryl/α,β-unsaturated/α-hetero) is 1. The second kappa shape index (κ2) is 5.31. The average molecular weight is 332 g/mol. The molecule has 1 fully saturated rings. The number of rotatable bonds is 4. The summed E-state index contributed by atoms with van der Waals surface area (Å²) >= 11 is 5.76. The number of carbonyl (C=O) groups is 2. The molecule has 3 aliphatic rings. The first kappa shape index (κ1) is 16.9. The Balaban J connectivity index is 2.67. The highest BCUT2D eigenvalue weighted by Gasteiger charge is 2.72. The number of ether oxygens (including phenoxy) is 1. The van der Waals surface area contributed by atoms with Crippen LogP contribution in [0.4, 0.5) is 0 Å². The summed E-state index contributed by atoms with van der Waals surface area (Å²) in [7, 11) is 0. The van der Waals surface area contributed by atoms with Gasteiger partial charge < -0.3 is 9.84 Å². The monoisotopic (exact) mass is 331 g/mol. The molecule has 122 valence electrons. The maximum atomic E-state index is 12.7. The highest BCUT2D eigenvalue weighted by molar-refractivity contribution is 6.21. The molecule has 2 bridgehead atoms. The first-order valence-corrected chi connectivity index (χ1v) is 7.51. The lowest BCUT2D eigenvalue weighted by molar-refractivity contribution is -0.547. The molecule has 0 aromatic carbocycles. The third-order valence-corrected chi connectivity index (χ3v) is 5.14. The van der Waals surface area contributed by atoms with Crippen LogP contribution in [0.5, 0.6) is 0 Å². The molecule has 0 amide bonds. The second-order valence-corrected chi connectivity index (χ2v) is 6.31. The van der Waals surface area contributed by atoms with Crippen molar-refractivity contribution >= 4 is 23.4 Å². The third kappa shape index (κ3) is 1.99. The van der Waals surface area contributed by atoms with Crippen molar-refractivity contribution in [2.45, 2.75) is 32.4 Å². The van der Waals surface area contributed by atoms with E-state index in [9.17, 15) is 24.8 Å². The largest absolute Gasteiger partial charge is 0.466 e. The van der Waals surface area contributed by atoms with E-state index in [1.807, 2.05) is 0 Å². The van der Waals surface area contributed by atoms with E-state index in [1.54, 1.807) is 13.8 Å². The number of halogens is 1. The molecule has 1 N–H and O–H groups in total. The zero-order valence-electron chi connectivity index (χ0n) is 12.5. The first-order valence-electron chi connectivity index (χ1n) is 6.97. The molecular formula is C14H18ClNO6. The van der Waals surface area contributed by atoms with E-state index in [0.29, 0.717) is 5.57 Å². The molecule has 0 aromatic rings. The minimum absolute atomic E-state index is 0.0528. The molecule has 0 heterocycles. The number of carbonyl (C=O) groups excluding carboxylic acids is 2. The summed E-state index contributed by atoms with van der Waals surface area (Å²) in [6.07, 6.45) is 1.53. The fourth-order valence-electron chi connectivity index (χ4n) is 3.95. The van der Waals surface area contributed by atoms with E-state index in [2.05, 4.69) is 0 Å². The number of hydrogen-bond donors (Lipinski definition) is 1. The molecule has 0 spiro atoms. The number of aliphatic hydroxyl groups is 1. The van der Waals surface area contributed by atoms with Crippen LogP contribution in [0, 0.1) is 27.4 Å². The molecule has 0 aromatic heterocycles. The number of ketones is 1. The zero-order valence-corrected chi connectivity index (χ0v) is 13.3. The summed E-state index contributed by atoms with van der Waals surface area (Å²) in [6.45, 7) is 4.66. The molecule has 8 heteroatoms. The van der Waals surface area contributed by atoms with Gasteiger partial charge in [0.15, 0.2) is 11.4 Å². The normalized spacial score (nSPS) is 40.3. The minimum Gasteiger partial charge on any atom is -0.466 e. The van der Waals surface area contributed by atoms with Gasteiger partial charge in [0.25, 0.3) is 0 Å². The molecule has 0 saturated heterocycles. The molecule has 0 aliphatic heterocycles. The van der Waals surface area contributed by atoms with Crippen molar-refractivity contribution in [2.75, 3.05) is 12.5 Å². The fraction of sp³-hybridized carbons (Fsp3) is 0.714. The van der Waals surface area contributed by atoms with Gasteiger partial charge in [0, 0.05) is 4.92 Å². The quantitative estimate of drug-likeness (QED) is 0.270. The number of fused-ring (bicyclic) bond motifs is 2. The molecule has 5 atom stereocenters. The van der Waals surface area contributed by atoms with Gasteiger partial charge in [-0.05, 0) is 20.8 Å². The maximum absolute atomic E-state index is 12.7. The van der Waals surface area contributed by atoms with Gasteiger partial charge in [0.1, 0.15) is 5.92 Å². The van der Waals surface area contributed by atoms with Gasteiger partial charge in [-0.3, -0.25) is 19.7 Å². The van der Waals surface area contributed by atoms with Crippen molar-refractivity contribution in [1.82, 2.24) is 0 Å². The van der Waals surface area contributed by atoms with Gasteiger partial charge in [0.2, 0.25) is 6.04 Å². The van der Waals surface area contributed by atoms with Crippen LogP contribution in [-0.2, 0) is 14.3 Å². The molecule has 0 radical (unpaired) electrons. The maximum Gasteiger partial charge on any atom is 0.317 e. The molecule has 7 nitrogen and oxygen atoms in total. The van der Waals surface area contributed by atoms with Crippen LogP contribution in [0.15, 0.2) is 11.6 Å². The van der Waals surface area contributed by atoms with Gasteiger partial charge in [-0.15, -0.1) is 11.6 Å². The Bertz CT molecular complexity index is 576. The van der Waals surface area contributed by atoms with Gasteiger partial charge in [-0.2, -0.15) is 0 Å². The summed E-state index contributed by atoms with van der Waals surface area (Å²) in [4.78, 5) is 35.9. The van der Waals surface area contributed by atoms with Crippen LogP contribution in [0.2, 0.25) is 0 Å². The Morgan fingerprint density at radius 1 is 1.59 bits per heavy atom. The van der Waals surface area contributed by atoms with Crippen molar-refractivity contribution in [3.8, 4) is 0 Å². The fourth-order valence-corrected chi connectivity index (χ4v) is 4.23. The Morgan fingerprint density at radius 3 is 2.64 bits per heavy atom. The van der Waals surface area contributed by atoms with Crippen LogP contribution >= 0.6 is 11.6 Å². The molecule has 0 unspecified atom stereocenters. The van der Waals surface area contributed by atoms with E-state index in [1.165, 1.54) is 13.0 Å². The molecule has 22 heavy (non-hydrogen) atoms. The predicted molar refractivity (Wildman–Crippen MR) is 76.9 cm³/mol. The van der Waals surface area contributed by atoms with Gasteiger partial charge in [-0.1, -0.05) is 11.6 Å². The number of nitro groups is 1. The number of allylic oxidation sites excluding steroid dienone is 1. The predicted octanol–water partition coefficient (Wildman–Crippen LogP) is 0.946. The lowest BCUT2D eigenvalue weighted by Crippen LogP contribution is -2.71. The topological polar surface area (TPSA) is 107 Å². The summed E-state index contributed by atoms with van der Waals surface area (Å²) < 4.78 is 4.93. The van der Waals surface area contributed by atoms with E-state index < -0.39 is 51.4 Å². The zero-order chi connectivity index (χ0) is 16.9. The van der Waals surface area contributed by atoms with Crippen LogP contribution < -0.4 is 0 Å². The van der Waals surface area contributed by atoms with Crippen LogP contribution in [0.25, 0.3) is 0 Å². The number of alkyl halides is 1. The standard InChI is InChI=1S/C14H18ClNO6/c1-4-22-11(17)9-10(16(20)21)8-7(2)5-13(9,3)12(18)14(8,19)6-15/h5,8-10,19H,4,6H2,1-3H3/t8-,9+,10+,13+,14+/m1/s1. The average Bonchev–Trinajstić information content (AvgIpc) is 2.43. The number of hydrogen-bond acceptors (Lipinski definition) is 6. The van der Waals surface area contributed by atoms with Crippen molar-refractivity contribution < 1.29 is 24.4 Å². The third-order valence-electron chi connectivity index (χ3n) is 4.73. The van der Waals surface area contributed by atoms with Crippen molar-refractivity contribution in [2.24, 2.45) is 17.3 Å². The Labute approximate surface area is 132 Å². The van der Waals surface area contributed by atoms with Gasteiger partial charge in [0.05, 0.1) is 23.8 Å². The van der Waals surface area contributed by atoms with Gasteiger partial charge in [-0.25, -0.2) is 0 Å². The Kier molecular flexibility index (Phi) is 4.08. The summed E-state index contributed by atoms with van der Waals surface area (Å²) in [5.74, 6) is -4.33. The highest BCUT2D eigenvalue weighted by Crippen LogP contribution is 2.55. The van der Waals surface area contributed by atoms with Gasteiger partial charge >= 0.3 is 5.97 Å². The molecule has 3 rings (SSSR count). The second-order valence-electron chi connectivity index (χ2n) is 6.04. The number of nitrogens with zero attached hydrogens (tertiary/aromatic N) is 1. The minimum atomic E-state index is -2.05. The Hall–Kier alpha value is -1.47. The number of esters is 1. The van der Waals surface area contributed by atoms with Crippen molar-refractivity contribution in [1.29, 1.82) is 0 Å². The smallest absolute Gasteiger partial charge is 0.317 e. The van der Waals surface area contributed by atoms with E-state index in [-0.39, 0.29) is 6.61 Å². The lowest BCUT2D eigenvalue weighted by atomic mass is 9.49. The van der Waals surface area contributed by atoms with Crippen molar-refractivity contribution in [3.05, 3.63) is 21.8 Å². The first-order chi connectivity index (χ1) is 10.1. The van der Waals surface area contributed by atoms with E-state index in [0.717, 1.165) is 0 Å².